The molecule has 0 aliphatic heterocycles. The topological polar surface area (TPSA) is 92.9 Å². The minimum atomic E-state index is -0.291. The number of unbranched alkanes of at least 4 members (excludes halogenated alkanes) is 1. The van der Waals surface area contributed by atoms with Crippen LogP contribution in [-0.2, 0) is 13.0 Å². The normalized spacial score (nSPS) is 11.2. The molecule has 1 aromatic heterocycles. The van der Waals surface area contributed by atoms with Crippen LogP contribution in [0.3, 0.4) is 0 Å². The Bertz CT molecular complexity index is 1800. The second-order valence-electron chi connectivity index (χ2n) is 10.6. The largest absolute Gasteiger partial charge is 0.495 e. The summed E-state index contributed by atoms with van der Waals surface area (Å²) in [5.41, 5.74) is 4.39. The number of nitrogens with zero attached hydrogens (tertiary/aromatic N) is 1. The summed E-state index contributed by atoms with van der Waals surface area (Å²) >= 11 is 0. The number of nitrogens with one attached hydrogen (secondary N) is 2. The van der Waals surface area contributed by atoms with Crippen LogP contribution in [0.1, 0.15) is 34.3 Å². The number of benzene rings is 4. The van der Waals surface area contributed by atoms with Gasteiger partial charge in [0.05, 0.1) is 37.9 Å². The van der Waals surface area contributed by atoms with E-state index in [2.05, 4.69) is 28.3 Å². The van der Waals surface area contributed by atoms with Gasteiger partial charge in [-0.25, -0.2) is 0 Å². The molecule has 5 rings (SSSR count). The number of pyridine rings is 1. The summed E-state index contributed by atoms with van der Waals surface area (Å²) in [6.45, 7) is 1.82. The average Bonchev–Trinajstić information content (AvgIpc) is 3.03. The second-order valence-corrected chi connectivity index (χ2v) is 10.6. The third kappa shape index (κ3) is 6.65. The van der Waals surface area contributed by atoms with E-state index in [4.69, 9.17) is 14.2 Å². The highest BCUT2D eigenvalue weighted by atomic mass is 16.5. The fraction of sp³-hybridized carbons (Fsp3) is 0.257. The number of fused-ring (bicyclic) bond motifs is 2. The minimum Gasteiger partial charge on any atom is -0.495 e. The van der Waals surface area contributed by atoms with Crippen molar-refractivity contribution in [2.75, 3.05) is 40.2 Å². The molecule has 0 spiro atoms. The summed E-state index contributed by atoms with van der Waals surface area (Å²) in [6, 6.07) is 24.5. The quantitative estimate of drug-likeness (QED) is 0.131. The number of para-hydroxylation sites is 2. The summed E-state index contributed by atoms with van der Waals surface area (Å²) in [5, 5.41) is 3.95. The standard InChI is InChI=1S/C35H37N3O5/c1-38(22-24-16-19-29(41-2)31(21-24)43-4)20-6-5-9-23-14-17-25(18-15-23)36-35(40)28-12-7-10-26-32(28)37-33-27(34(26)39)11-8-13-30(33)42-3/h7-8,10-19,21H,5-6,9,20,22H2,1-4H3,(H,36,40)(H,37,39). The Kier molecular flexibility index (Phi) is 9.27. The molecule has 4 aromatic carbocycles. The summed E-state index contributed by atoms with van der Waals surface area (Å²) in [7, 11) is 6.97. The Morgan fingerprint density at radius 2 is 1.44 bits per heavy atom. The molecular weight excluding hydrogens is 542 g/mol. The van der Waals surface area contributed by atoms with Gasteiger partial charge in [0.2, 0.25) is 0 Å². The molecule has 5 aromatic rings. The molecule has 2 N–H and O–H groups in total. The maximum atomic E-state index is 13.3. The average molecular weight is 580 g/mol. The van der Waals surface area contributed by atoms with E-state index >= 15 is 0 Å². The van der Waals surface area contributed by atoms with E-state index in [1.807, 2.05) is 36.4 Å². The maximum Gasteiger partial charge on any atom is 0.257 e. The van der Waals surface area contributed by atoms with E-state index in [1.54, 1.807) is 57.7 Å². The van der Waals surface area contributed by atoms with Crippen LogP contribution in [0.25, 0.3) is 21.8 Å². The third-order valence-electron chi connectivity index (χ3n) is 7.66. The minimum absolute atomic E-state index is 0.145. The number of hydrogen-bond donors (Lipinski definition) is 2. The van der Waals surface area contributed by atoms with Gasteiger partial charge in [0, 0.05) is 23.0 Å². The number of carbonyl (C=O) groups is 1. The maximum absolute atomic E-state index is 13.3. The molecule has 8 heteroatoms. The molecule has 1 heterocycles. The van der Waals surface area contributed by atoms with E-state index in [9.17, 15) is 9.59 Å². The number of carbonyl (C=O) groups excluding carboxylic acids is 1. The zero-order valence-electron chi connectivity index (χ0n) is 25.0. The number of rotatable bonds is 12. The predicted octanol–water partition coefficient (Wildman–Crippen LogP) is 6.41. The number of aryl methyl sites for hydroxylation is 1. The molecule has 0 aliphatic carbocycles. The summed E-state index contributed by atoms with van der Waals surface area (Å²) in [4.78, 5) is 32.1. The number of ether oxygens (including phenoxy) is 3. The molecular formula is C35H37N3O5. The van der Waals surface area contributed by atoms with Crippen LogP contribution in [0.5, 0.6) is 17.2 Å². The zero-order valence-corrected chi connectivity index (χ0v) is 25.0. The van der Waals surface area contributed by atoms with E-state index in [0.29, 0.717) is 38.8 Å². The van der Waals surface area contributed by atoms with E-state index < -0.39 is 0 Å². The van der Waals surface area contributed by atoms with Crippen LogP contribution in [0.2, 0.25) is 0 Å². The molecule has 0 fully saturated rings. The van der Waals surface area contributed by atoms with Crippen molar-refractivity contribution in [2.45, 2.75) is 25.8 Å². The first-order valence-electron chi connectivity index (χ1n) is 14.3. The number of amides is 1. The van der Waals surface area contributed by atoms with Crippen molar-refractivity contribution < 1.29 is 19.0 Å². The fourth-order valence-corrected chi connectivity index (χ4v) is 5.39. The van der Waals surface area contributed by atoms with Crippen molar-refractivity contribution >= 4 is 33.4 Å². The number of methoxy groups -OCH3 is 3. The van der Waals surface area contributed by atoms with Gasteiger partial charge in [-0.05, 0) is 92.5 Å². The van der Waals surface area contributed by atoms with Crippen LogP contribution >= 0.6 is 0 Å². The summed E-state index contributed by atoms with van der Waals surface area (Å²) < 4.78 is 16.2. The number of H-pyrrole nitrogens is 1. The van der Waals surface area contributed by atoms with Gasteiger partial charge < -0.3 is 29.4 Å². The Hall–Kier alpha value is -4.82. The van der Waals surface area contributed by atoms with Gasteiger partial charge in [0.25, 0.3) is 5.91 Å². The lowest BCUT2D eigenvalue weighted by Crippen LogP contribution is -2.19. The van der Waals surface area contributed by atoms with E-state index in [1.165, 1.54) is 11.1 Å². The third-order valence-corrected chi connectivity index (χ3v) is 7.66. The first kappa shape index (κ1) is 29.7. The molecule has 0 saturated heterocycles. The molecule has 43 heavy (non-hydrogen) atoms. The molecule has 222 valence electrons. The van der Waals surface area contributed by atoms with Gasteiger partial charge in [-0.15, -0.1) is 0 Å². The zero-order chi connectivity index (χ0) is 30.3. The molecule has 0 atom stereocenters. The van der Waals surface area contributed by atoms with Gasteiger partial charge in [-0.1, -0.05) is 30.3 Å². The highest BCUT2D eigenvalue weighted by Crippen LogP contribution is 2.28. The van der Waals surface area contributed by atoms with Gasteiger partial charge >= 0.3 is 0 Å². The van der Waals surface area contributed by atoms with Crippen molar-refractivity contribution in [1.82, 2.24) is 9.88 Å². The van der Waals surface area contributed by atoms with Crippen LogP contribution in [-0.4, -0.2) is 50.7 Å². The SMILES string of the molecule is COc1ccc(CN(C)CCCCc2ccc(NC(=O)c3cccc4c(=O)c5cccc(OC)c5[nH]c34)cc2)cc1OC. The van der Waals surface area contributed by atoms with Gasteiger partial charge in [0.15, 0.2) is 16.9 Å². The molecule has 0 radical (unpaired) electrons. The van der Waals surface area contributed by atoms with E-state index in [0.717, 1.165) is 43.9 Å². The van der Waals surface area contributed by atoms with E-state index in [-0.39, 0.29) is 11.3 Å². The lowest BCUT2D eigenvalue weighted by Gasteiger charge is -2.18. The number of anilines is 1. The predicted molar refractivity (Wildman–Crippen MR) is 172 cm³/mol. The highest BCUT2D eigenvalue weighted by molar-refractivity contribution is 6.13. The molecule has 1 amide bonds. The van der Waals surface area contributed by atoms with Crippen LogP contribution in [0, 0.1) is 0 Å². The molecule has 0 unspecified atom stereocenters. The van der Waals surface area contributed by atoms with Gasteiger partial charge in [0.1, 0.15) is 5.75 Å². The van der Waals surface area contributed by atoms with Crippen molar-refractivity contribution in [2.24, 2.45) is 0 Å². The van der Waals surface area contributed by atoms with Crippen molar-refractivity contribution in [3.05, 3.63) is 106 Å². The Balaban J connectivity index is 1.17. The number of aromatic amines is 1. The molecule has 8 nitrogen and oxygen atoms in total. The molecule has 0 aliphatic rings. The summed E-state index contributed by atoms with van der Waals surface area (Å²) in [5.74, 6) is 1.74. The van der Waals surface area contributed by atoms with Crippen LogP contribution in [0.15, 0.2) is 83.7 Å². The van der Waals surface area contributed by atoms with Crippen LogP contribution < -0.4 is 25.0 Å². The Morgan fingerprint density at radius 3 is 2.16 bits per heavy atom. The van der Waals surface area contributed by atoms with Crippen molar-refractivity contribution in [3.8, 4) is 17.2 Å². The molecule has 0 bridgehead atoms. The smallest absolute Gasteiger partial charge is 0.257 e. The van der Waals surface area contributed by atoms with Crippen molar-refractivity contribution in [3.63, 3.8) is 0 Å². The number of aromatic nitrogens is 1. The first-order chi connectivity index (χ1) is 20.9. The van der Waals surface area contributed by atoms with Crippen molar-refractivity contribution in [1.29, 1.82) is 0 Å². The lowest BCUT2D eigenvalue weighted by atomic mass is 10.0. The van der Waals surface area contributed by atoms with Crippen LogP contribution in [0.4, 0.5) is 5.69 Å². The summed E-state index contributed by atoms with van der Waals surface area (Å²) in [6.07, 6.45) is 3.09. The first-order valence-corrected chi connectivity index (χ1v) is 14.3. The van der Waals surface area contributed by atoms with Gasteiger partial charge in [-0.3, -0.25) is 9.59 Å². The second kappa shape index (κ2) is 13.4. The highest BCUT2D eigenvalue weighted by Gasteiger charge is 2.16. The Labute approximate surface area is 251 Å². The lowest BCUT2D eigenvalue weighted by molar-refractivity contribution is 0.102. The fourth-order valence-electron chi connectivity index (χ4n) is 5.39. The molecule has 0 saturated carbocycles. The monoisotopic (exact) mass is 579 g/mol. The Morgan fingerprint density at radius 1 is 0.767 bits per heavy atom. The van der Waals surface area contributed by atoms with Gasteiger partial charge in [-0.2, -0.15) is 0 Å². The number of hydrogen-bond acceptors (Lipinski definition) is 6.